The molecule has 5 nitrogen and oxygen atoms in total. The predicted molar refractivity (Wildman–Crippen MR) is 76.1 cm³/mol. The zero-order chi connectivity index (χ0) is 14.8. The van der Waals surface area contributed by atoms with Gasteiger partial charge in [-0.3, -0.25) is 14.9 Å². The molecule has 5 heteroatoms. The third-order valence-electron chi connectivity index (χ3n) is 3.11. The zero-order valence-corrected chi connectivity index (χ0v) is 10.9. The second-order valence-electron chi connectivity index (χ2n) is 4.44. The van der Waals surface area contributed by atoms with Crippen LogP contribution in [0.3, 0.4) is 0 Å². The van der Waals surface area contributed by atoms with E-state index in [0.717, 1.165) is 5.39 Å². The molecule has 104 valence electrons. The fourth-order valence-electron chi connectivity index (χ4n) is 2.13. The van der Waals surface area contributed by atoms with Crippen molar-refractivity contribution in [1.82, 2.24) is 5.32 Å². The smallest absolute Gasteiger partial charge is 0.293 e. The average molecular weight is 281 g/mol. The first-order chi connectivity index (χ1) is 10.2. The van der Waals surface area contributed by atoms with Crippen molar-refractivity contribution < 1.29 is 19.1 Å². The van der Waals surface area contributed by atoms with Crippen molar-refractivity contribution in [3.63, 3.8) is 0 Å². The summed E-state index contributed by atoms with van der Waals surface area (Å²) in [6, 6.07) is 13.2. The van der Waals surface area contributed by atoms with Crippen LogP contribution in [0.2, 0.25) is 0 Å². The summed E-state index contributed by atoms with van der Waals surface area (Å²) in [5.41, 5.74) is 0.0630. The summed E-state index contributed by atoms with van der Waals surface area (Å²) in [6.45, 7) is 0. The number of nitrogens with one attached hydrogen (secondary N) is 1. The molecule has 2 amide bonds. The maximum atomic E-state index is 12.3. The van der Waals surface area contributed by atoms with E-state index in [1.54, 1.807) is 24.3 Å². The van der Waals surface area contributed by atoms with E-state index in [-0.39, 0.29) is 17.1 Å². The molecule has 2 N–H and O–H groups in total. The minimum Gasteiger partial charge on any atom is -0.507 e. The molecule has 0 spiro atoms. The quantitative estimate of drug-likeness (QED) is 0.708. The van der Waals surface area contributed by atoms with Crippen LogP contribution in [-0.2, 0) is 0 Å². The summed E-state index contributed by atoms with van der Waals surface area (Å²) < 4.78 is 4.92. The number of rotatable bonds is 2. The van der Waals surface area contributed by atoms with Gasteiger partial charge in [-0.2, -0.15) is 0 Å². The lowest BCUT2D eigenvalue weighted by Crippen LogP contribution is -2.30. The molecule has 2 aromatic carbocycles. The molecule has 0 radical (unpaired) electrons. The third-order valence-corrected chi connectivity index (χ3v) is 3.11. The molecule has 0 atom stereocenters. The van der Waals surface area contributed by atoms with Crippen molar-refractivity contribution in [2.45, 2.75) is 0 Å². The Morgan fingerprint density at radius 3 is 2.52 bits per heavy atom. The van der Waals surface area contributed by atoms with Crippen molar-refractivity contribution in [2.75, 3.05) is 0 Å². The molecule has 0 saturated heterocycles. The molecule has 0 saturated carbocycles. The number of carbonyl (C=O) groups is 2. The number of benzene rings is 2. The maximum Gasteiger partial charge on any atom is 0.293 e. The standard InChI is InChI=1S/C16H11NO4/c18-12-8-7-10-4-1-2-5-11(10)14(12)16(20)17-15(19)13-6-3-9-21-13/h1-9,18H,(H,17,19,20). The van der Waals surface area contributed by atoms with Gasteiger partial charge in [0.25, 0.3) is 11.8 Å². The minimum absolute atomic E-state index is 0.0306. The number of phenolic OH excluding ortho intramolecular Hbond substituents is 1. The van der Waals surface area contributed by atoms with Crippen LogP contribution in [0.25, 0.3) is 10.8 Å². The number of hydrogen-bond donors (Lipinski definition) is 2. The fourth-order valence-corrected chi connectivity index (χ4v) is 2.13. The molecule has 3 aromatic rings. The topological polar surface area (TPSA) is 79.5 Å². The number of imide groups is 1. The van der Waals surface area contributed by atoms with Crippen molar-refractivity contribution in [3.8, 4) is 5.75 Å². The molecule has 0 aliphatic rings. The van der Waals surface area contributed by atoms with Gasteiger partial charge in [0, 0.05) is 0 Å². The van der Waals surface area contributed by atoms with Gasteiger partial charge in [0.1, 0.15) is 5.75 Å². The van der Waals surface area contributed by atoms with E-state index >= 15 is 0 Å². The highest BCUT2D eigenvalue weighted by Crippen LogP contribution is 2.26. The molecular weight excluding hydrogens is 270 g/mol. The Morgan fingerprint density at radius 1 is 0.952 bits per heavy atom. The molecule has 3 rings (SSSR count). The Balaban J connectivity index is 1.98. The second-order valence-corrected chi connectivity index (χ2v) is 4.44. The van der Waals surface area contributed by atoms with Gasteiger partial charge < -0.3 is 9.52 Å². The van der Waals surface area contributed by atoms with Crippen LogP contribution < -0.4 is 5.32 Å². The lowest BCUT2D eigenvalue weighted by Gasteiger charge is -2.08. The van der Waals surface area contributed by atoms with Crippen molar-refractivity contribution >= 4 is 22.6 Å². The second kappa shape index (κ2) is 5.13. The monoisotopic (exact) mass is 281 g/mol. The molecule has 1 aromatic heterocycles. The molecule has 21 heavy (non-hydrogen) atoms. The molecule has 0 aliphatic carbocycles. The van der Waals surface area contributed by atoms with Crippen molar-refractivity contribution in [1.29, 1.82) is 0 Å². The first kappa shape index (κ1) is 12.9. The van der Waals surface area contributed by atoms with Crippen molar-refractivity contribution in [2.24, 2.45) is 0 Å². The van der Waals surface area contributed by atoms with Gasteiger partial charge in [-0.25, -0.2) is 0 Å². The molecule has 0 fully saturated rings. The number of aromatic hydroxyl groups is 1. The van der Waals surface area contributed by atoms with E-state index in [4.69, 9.17) is 4.42 Å². The summed E-state index contributed by atoms with van der Waals surface area (Å²) in [4.78, 5) is 24.1. The highest BCUT2D eigenvalue weighted by atomic mass is 16.3. The van der Waals surface area contributed by atoms with Crippen LogP contribution in [0.4, 0.5) is 0 Å². The van der Waals surface area contributed by atoms with Crippen LogP contribution in [0.15, 0.2) is 59.2 Å². The van der Waals surface area contributed by atoms with E-state index in [0.29, 0.717) is 5.39 Å². The number of fused-ring (bicyclic) bond motifs is 1. The summed E-state index contributed by atoms with van der Waals surface area (Å²) in [7, 11) is 0. The number of phenols is 1. The van der Waals surface area contributed by atoms with Gasteiger partial charge in [-0.1, -0.05) is 30.3 Å². The first-order valence-electron chi connectivity index (χ1n) is 6.27. The Bertz CT molecular complexity index is 821. The normalized spacial score (nSPS) is 10.5. The highest BCUT2D eigenvalue weighted by Gasteiger charge is 2.19. The molecule has 0 aliphatic heterocycles. The summed E-state index contributed by atoms with van der Waals surface area (Å²) >= 11 is 0. The van der Waals surface area contributed by atoms with Crippen LogP contribution in [0.1, 0.15) is 20.9 Å². The molecular formula is C16H11NO4. The maximum absolute atomic E-state index is 12.3. The van der Waals surface area contributed by atoms with E-state index in [1.165, 1.54) is 18.4 Å². The van der Waals surface area contributed by atoms with Crippen LogP contribution >= 0.6 is 0 Å². The lowest BCUT2D eigenvalue weighted by molar-refractivity contribution is 0.0832. The Labute approximate surface area is 119 Å². The Hall–Kier alpha value is -3.08. The number of hydrogen-bond acceptors (Lipinski definition) is 4. The van der Waals surface area contributed by atoms with Crippen LogP contribution in [0.5, 0.6) is 5.75 Å². The SMILES string of the molecule is O=C(NC(=O)c1c(O)ccc2ccccc12)c1ccco1. The lowest BCUT2D eigenvalue weighted by atomic mass is 10.0. The van der Waals surface area contributed by atoms with Gasteiger partial charge in [0.15, 0.2) is 5.76 Å². The Morgan fingerprint density at radius 2 is 1.76 bits per heavy atom. The van der Waals surface area contributed by atoms with Gasteiger partial charge in [0.05, 0.1) is 11.8 Å². The summed E-state index contributed by atoms with van der Waals surface area (Å²) in [5, 5.41) is 13.5. The van der Waals surface area contributed by atoms with E-state index in [9.17, 15) is 14.7 Å². The van der Waals surface area contributed by atoms with E-state index in [1.807, 2.05) is 12.1 Å². The largest absolute Gasteiger partial charge is 0.507 e. The summed E-state index contributed by atoms with van der Waals surface area (Å²) in [5.74, 6) is -1.48. The molecule has 0 bridgehead atoms. The Kier molecular flexibility index (Phi) is 3.16. The van der Waals surface area contributed by atoms with Gasteiger partial charge >= 0.3 is 0 Å². The van der Waals surface area contributed by atoms with Crippen LogP contribution in [0, 0.1) is 0 Å². The zero-order valence-electron chi connectivity index (χ0n) is 10.9. The van der Waals surface area contributed by atoms with Gasteiger partial charge in [-0.15, -0.1) is 0 Å². The first-order valence-corrected chi connectivity index (χ1v) is 6.27. The van der Waals surface area contributed by atoms with E-state index in [2.05, 4.69) is 5.32 Å². The fraction of sp³-hybridized carbons (Fsp3) is 0. The predicted octanol–water partition coefficient (Wildman–Crippen LogP) is 2.71. The number of carbonyl (C=O) groups excluding carboxylic acids is 2. The van der Waals surface area contributed by atoms with Gasteiger partial charge in [0.2, 0.25) is 0 Å². The van der Waals surface area contributed by atoms with Gasteiger partial charge in [-0.05, 0) is 29.0 Å². The number of furan rings is 1. The van der Waals surface area contributed by atoms with Crippen LogP contribution in [-0.4, -0.2) is 16.9 Å². The average Bonchev–Trinajstić information content (AvgIpc) is 3.01. The van der Waals surface area contributed by atoms with E-state index < -0.39 is 11.8 Å². The third kappa shape index (κ3) is 2.36. The summed E-state index contributed by atoms with van der Waals surface area (Å²) in [6.07, 6.45) is 1.34. The highest BCUT2D eigenvalue weighted by molar-refractivity contribution is 6.16. The molecule has 0 unspecified atom stereocenters. The number of amides is 2. The van der Waals surface area contributed by atoms with Crippen molar-refractivity contribution in [3.05, 3.63) is 66.1 Å². The molecule has 1 heterocycles. The minimum atomic E-state index is -0.675.